The summed E-state index contributed by atoms with van der Waals surface area (Å²) in [6.45, 7) is 5.79. The van der Waals surface area contributed by atoms with Gasteiger partial charge in [0.25, 0.3) is 0 Å². The van der Waals surface area contributed by atoms with Crippen LogP contribution in [0.15, 0.2) is 232 Å². The summed E-state index contributed by atoms with van der Waals surface area (Å²) in [6.07, 6.45) is 19.4. The summed E-state index contributed by atoms with van der Waals surface area (Å²) in [5.41, 5.74) is 19.1. The van der Waals surface area contributed by atoms with Gasteiger partial charge in [0.1, 0.15) is 5.82 Å². The van der Waals surface area contributed by atoms with Crippen LogP contribution in [0.4, 0.5) is 0 Å². The molecule has 16 rings (SSSR count). The minimum atomic E-state index is 0. The zero-order chi connectivity index (χ0) is 64.6. The van der Waals surface area contributed by atoms with Crippen LogP contribution in [0, 0.1) is 20.8 Å². The molecule has 0 aliphatic rings. The Kier molecular flexibility index (Phi) is 26.4. The van der Waals surface area contributed by atoms with E-state index >= 15 is 0 Å². The number of pyridine rings is 7. The van der Waals surface area contributed by atoms with E-state index in [1.165, 1.54) is 0 Å². The fraction of sp³-hybridized carbons (Fsp3) is 0.0972. The predicted molar refractivity (Wildman–Crippen MR) is 354 cm³/mol. The Morgan fingerprint density at radius 3 is 0.939 bits per heavy atom. The molecule has 16 aromatic rings. The third-order valence-electron chi connectivity index (χ3n) is 14.2. The van der Waals surface area contributed by atoms with E-state index in [1.54, 1.807) is 62.0 Å². The molecular formula is C72H55N23Pt4. The van der Waals surface area contributed by atoms with Gasteiger partial charge >= 0.3 is 84.3 Å². The maximum absolute atomic E-state index is 4.71. The average molecular weight is 2020 g/mol. The molecule has 0 radical (unpaired) electrons. The van der Waals surface area contributed by atoms with Gasteiger partial charge in [0, 0.05) is 100 Å². The second kappa shape index (κ2) is 35.8. The van der Waals surface area contributed by atoms with E-state index in [1.807, 2.05) is 191 Å². The normalized spacial score (nSPS) is 10.4. The number of rotatable bonds is 16. The number of hydrogen-bond acceptors (Lipinski definition) is 15. The van der Waals surface area contributed by atoms with Gasteiger partial charge in [0.15, 0.2) is 0 Å². The quantitative estimate of drug-likeness (QED) is 0.0868. The standard InChI is InChI=1S/C19H15N5.C18H14N6.C18H13N5.C17H13N7.4Pt/c1-13-8-9-17(22-13)16-6-2-4-14(23-16)12-15-5-3-7-18(24-15)19-20-10-11-21-19;1-12-10-17(24-23-12)15-6-2-4-13(21-15)11-14-5-3-7-16(22-14)18-19-8-9-20-18;1-4-13(22-16(6-1)15-8-3-9-19-15)12-14-5-2-7-17(23-14)18-20-10-11-21-18;1-11-9-15(24-23-11)17-18-6-5-13(22-17)10-12-3-2-4-14(21-12)16-19-7-8-20-16;;;;/h2-11H,12H2,1H3;2-10H,11H2,1H3;1-11H,12H2;2-9H,10H2,1H3;;;;/q4*-2;4*+2. The Bertz CT molecular complexity index is 4590. The van der Waals surface area contributed by atoms with Crippen molar-refractivity contribution in [1.29, 1.82) is 0 Å². The summed E-state index contributed by atoms with van der Waals surface area (Å²) in [4.78, 5) is 83.6. The minimum Gasteiger partial charge on any atom is -0.662 e. The van der Waals surface area contributed by atoms with Crippen LogP contribution in [-0.2, 0) is 110 Å². The van der Waals surface area contributed by atoms with Crippen molar-refractivity contribution in [3.05, 3.63) is 294 Å². The molecule has 0 bridgehead atoms. The van der Waals surface area contributed by atoms with Crippen LogP contribution in [0.3, 0.4) is 0 Å². The van der Waals surface area contributed by atoms with E-state index in [0.717, 1.165) is 120 Å². The molecule has 498 valence electrons. The van der Waals surface area contributed by atoms with Crippen molar-refractivity contribution in [2.45, 2.75) is 46.5 Å². The Hall–Kier alpha value is -10.3. The van der Waals surface area contributed by atoms with Crippen molar-refractivity contribution in [3.8, 4) is 91.8 Å². The first-order valence-corrected chi connectivity index (χ1v) is 30.2. The number of imidazole rings is 4. The van der Waals surface area contributed by atoms with Gasteiger partial charge < -0.3 is 70.2 Å². The Labute approximate surface area is 626 Å². The van der Waals surface area contributed by atoms with Gasteiger partial charge in [-0.05, 0) is 128 Å². The van der Waals surface area contributed by atoms with E-state index in [2.05, 4.69) is 110 Å². The summed E-state index contributed by atoms with van der Waals surface area (Å²) < 4.78 is 0. The molecule has 0 fully saturated rings. The molecule has 16 heterocycles. The van der Waals surface area contributed by atoms with E-state index < -0.39 is 0 Å². The predicted octanol–water partition coefficient (Wildman–Crippen LogP) is 9.94. The van der Waals surface area contributed by atoms with E-state index in [0.29, 0.717) is 60.5 Å². The smallest absolute Gasteiger partial charge is 0.662 e. The van der Waals surface area contributed by atoms with E-state index in [-0.39, 0.29) is 84.3 Å². The van der Waals surface area contributed by atoms with Gasteiger partial charge in [0.05, 0.1) is 28.5 Å². The molecule has 27 heteroatoms. The van der Waals surface area contributed by atoms with E-state index in [4.69, 9.17) is 4.98 Å². The second-order valence-electron chi connectivity index (χ2n) is 21.4. The minimum absolute atomic E-state index is 0. The Morgan fingerprint density at radius 1 is 0.273 bits per heavy atom. The van der Waals surface area contributed by atoms with Gasteiger partial charge in [-0.2, -0.15) is 11.9 Å². The van der Waals surface area contributed by atoms with Crippen molar-refractivity contribution in [1.82, 2.24) is 115 Å². The van der Waals surface area contributed by atoms with Crippen molar-refractivity contribution in [2.24, 2.45) is 0 Å². The largest absolute Gasteiger partial charge is 2.00 e. The molecule has 0 N–H and O–H groups in total. The second-order valence-corrected chi connectivity index (χ2v) is 21.4. The number of hydrogen-bond donors (Lipinski definition) is 0. The van der Waals surface area contributed by atoms with Crippen molar-refractivity contribution in [2.75, 3.05) is 0 Å². The van der Waals surface area contributed by atoms with Gasteiger partial charge in [-0.1, -0.05) is 147 Å². The molecular weight excluding hydrogens is 1970 g/mol. The summed E-state index contributed by atoms with van der Waals surface area (Å²) in [5.74, 6) is 3.14. The van der Waals surface area contributed by atoms with Crippen LogP contribution in [0.5, 0.6) is 0 Å². The summed E-state index contributed by atoms with van der Waals surface area (Å²) in [7, 11) is 0. The van der Waals surface area contributed by atoms with Gasteiger partial charge in [-0.3, -0.25) is 34.9 Å². The fourth-order valence-corrected chi connectivity index (χ4v) is 9.90. The van der Waals surface area contributed by atoms with Gasteiger partial charge in [0.2, 0.25) is 0 Å². The van der Waals surface area contributed by atoms with Crippen LogP contribution >= 0.6 is 0 Å². The Morgan fingerprint density at radius 2 is 0.616 bits per heavy atom. The van der Waals surface area contributed by atoms with Crippen LogP contribution < -0.4 is 40.1 Å². The zero-order valence-corrected chi connectivity index (χ0v) is 61.9. The molecule has 0 saturated heterocycles. The molecule has 0 amide bonds. The molecule has 0 aromatic carbocycles. The molecule has 0 atom stereocenters. The first-order chi connectivity index (χ1) is 46.7. The van der Waals surface area contributed by atoms with Gasteiger partial charge in [-0.25, -0.2) is 9.97 Å². The summed E-state index contributed by atoms with van der Waals surface area (Å²) in [5, 5.41) is 16.2. The van der Waals surface area contributed by atoms with Crippen molar-refractivity contribution < 1.29 is 84.3 Å². The molecule has 0 unspecified atom stereocenters. The Balaban J connectivity index is 0.000000152. The zero-order valence-electron chi connectivity index (χ0n) is 52.8. The molecule has 0 aliphatic heterocycles. The van der Waals surface area contributed by atoms with E-state index in [9.17, 15) is 0 Å². The number of nitrogens with zero attached hydrogens (tertiary/aromatic N) is 23. The van der Waals surface area contributed by atoms with Crippen LogP contribution in [0.2, 0.25) is 0 Å². The molecule has 99 heavy (non-hydrogen) atoms. The first kappa shape index (κ1) is 73.0. The third kappa shape index (κ3) is 19.9. The number of aryl methyl sites for hydroxylation is 3. The summed E-state index contributed by atoms with van der Waals surface area (Å²) in [6, 6.07) is 54.8. The SMILES string of the molecule is Cc1cc(-c2cccc(Cc3cccc(-c4ncc[n-]4)n3)n2)[n-]n1.Cc1cc(-c2nccc(Cc3cccc(-c4ncc[n-]4)n3)n2)[n-]n1.Cc1ccc(-c2cccc(Cc3cccc(-c4ncc[n-]4)n3)n2)[n-]1.[Pt+2].[Pt+2].[Pt+2].[Pt+2].c1cc(Cc2cccc(-c3ncc[n-]3)n2)nc(-c2ccc[n-]2)c1. The molecule has 0 saturated carbocycles. The topological polar surface area (TPSA) is 306 Å². The molecule has 0 spiro atoms. The van der Waals surface area contributed by atoms with Gasteiger partial charge in [-0.15, -0.1) is 11.4 Å². The van der Waals surface area contributed by atoms with Crippen molar-refractivity contribution in [3.63, 3.8) is 0 Å². The molecule has 16 aromatic heterocycles. The van der Waals surface area contributed by atoms with Crippen LogP contribution in [0.1, 0.15) is 62.6 Å². The molecule has 0 aliphatic carbocycles. The monoisotopic (exact) mass is 2020 g/mol. The van der Waals surface area contributed by atoms with Crippen molar-refractivity contribution >= 4 is 0 Å². The fourth-order valence-electron chi connectivity index (χ4n) is 9.90. The maximum Gasteiger partial charge on any atom is 2.00 e. The summed E-state index contributed by atoms with van der Waals surface area (Å²) >= 11 is 0. The third-order valence-corrected chi connectivity index (χ3v) is 14.2. The number of aromatic nitrogens is 23. The molecule has 23 nitrogen and oxygen atoms in total. The average Bonchev–Trinajstić information content (AvgIpc) is 1.84. The van der Waals surface area contributed by atoms with Crippen LogP contribution in [0.25, 0.3) is 91.8 Å². The maximum atomic E-state index is 4.71. The first-order valence-electron chi connectivity index (χ1n) is 30.2. The van der Waals surface area contributed by atoms with Crippen LogP contribution in [-0.4, -0.2) is 75.0 Å².